The van der Waals surface area contributed by atoms with Crippen molar-refractivity contribution in [2.45, 2.75) is 25.3 Å². The number of aromatic amines is 1. The summed E-state index contributed by atoms with van der Waals surface area (Å²) in [5, 5.41) is 1.24. The Morgan fingerprint density at radius 3 is 2.55 bits per heavy atom. The highest BCUT2D eigenvalue weighted by Crippen LogP contribution is 2.35. The van der Waals surface area contributed by atoms with Gasteiger partial charge in [-0.1, -0.05) is 19.9 Å². The quantitative estimate of drug-likeness (QED) is 0.263. The fourth-order valence-corrected chi connectivity index (χ4v) is 3.68. The standard InChI is InChI=1S/C22H21F4NO3S/c1-13(2)31-8-7-29-12-30-15-4-5-16-17(10-15)18(11-27-21(16)28)14-3-6-19(20(23)9-14)22(24,25)26/h3-6,9-11,13H,7-8,12H2,1-2H3,(H,27,28). The zero-order valence-corrected chi connectivity index (χ0v) is 17.7. The van der Waals surface area contributed by atoms with Crippen LogP contribution in [0.1, 0.15) is 19.4 Å². The molecule has 0 spiro atoms. The molecule has 0 aliphatic carbocycles. The molecule has 0 fully saturated rings. The van der Waals surface area contributed by atoms with Gasteiger partial charge in [0.2, 0.25) is 0 Å². The fraction of sp³-hybridized carbons (Fsp3) is 0.318. The van der Waals surface area contributed by atoms with Crippen LogP contribution >= 0.6 is 11.8 Å². The summed E-state index contributed by atoms with van der Waals surface area (Å²) in [5.74, 6) is -0.134. The van der Waals surface area contributed by atoms with Gasteiger partial charge in [-0.15, -0.1) is 0 Å². The van der Waals surface area contributed by atoms with Crippen molar-refractivity contribution >= 4 is 22.5 Å². The second kappa shape index (κ2) is 9.74. The number of thioether (sulfide) groups is 1. The van der Waals surface area contributed by atoms with E-state index in [-0.39, 0.29) is 17.9 Å². The number of H-pyrrole nitrogens is 1. The van der Waals surface area contributed by atoms with Crippen molar-refractivity contribution in [3.63, 3.8) is 0 Å². The number of rotatable bonds is 8. The first-order valence-corrected chi connectivity index (χ1v) is 10.6. The van der Waals surface area contributed by atoms with E-state index in [4.69, 9.17) is 9.47 Å². The molecule has 0 radical (unpaired) electrons. The number of hydrogen-bond donors (Lipinski definition) is 1. The van der Waals surface area contributed by atoms with Gasteiger partial charge in [0.05, 0.1) is 12.2 Å². The third-order valence-corrected chi connectivity index (χ3v) is 5.52. The first kappa shape index (κ1) is 23.1. The van der Waals surface area contributed by atoms with Crippen molar-refractivity contribution < 1.29 is 27.0 Å². The van der Waals surface area contributed by atoms with E-state index in [9.17, 15) is 22.4 Å². The molecule has 1 heterocycles. The Morgan fingerprint density at radius 1 is 1.10 bits per heavy atom. The second-order valence-corrected chi connectivity index (χ2v) is 8.71. The molecule has 4 nitrogen and oxygen atoms in total. The van der Waals surface area contributed by atoms with Crippen molar-refractivity contribution in [1.29, 1.82) is 0 Å². The van der Waals surface area contributed by atoms with Gasteiger partial charge in [-0.3, -0.25) is 4.79 Å². The van der Waals surface area contributed by atoms with Crippen LogP contribution in [0.4, 0.5) is 17.6 Å². The molecule has 9 heteroatoms. The lowest BCUT2D eigenvalue weighted by molar-refractivity contribution is -0.139. The fourth-order valence-electron chi connectivity index (χ4n) is 2.99. The Kier molecular flexibility index (Phi) is 7.27. The van der Waals surface area contributed by atoms with Crippen LogP contribution in [0.15, 0.2) is 47.4 Å². The smallest absolute Gasteiger partial charge is 0.419 e. The molecule has 1 aromatic heterocycles. The second-order valence-electron chi connectivity index (χ2n) is 7.02. The van der Waals surface area contributed by atoms with Gasteiger partial charge in [-0.2, -0.15) is 24.9 Å². The van der Waals surface area contributed by atoms with E-state index in [2.05, 4.69) is 18.8 Å². The summed E-state index contributed by atoms with van der Waals surface area (Å²) in [6, 6.07) is 7.39. The van der Waals surface area contributed by atoms with Gasteiger partial charge in [0.15, 0.2) is 6.79 Å². The predicted octanol–water partition coefficient (Wildman–Crippen LogP) is 5.85. The number of pyridine rings is 1. The number of alkyl halides is 3. The largest absolute Gasteiger partial charge is 0.468 e. The number of halogens is 4. The maximum absolute atomic E-state index is 14.1. The van der Waals surface area contributed by atoms with Gasteiger partial charge in [-0.05, 0) is 41.1 Å². The van der Waals surface area contributed by atoms with Crippen LogP contribution in [0.5, 0.6) is 5.75 Å². The monoisotopic (exact) mass is 455 g/mol. The van der Waals surface area contributed by atoms with E-state index in [0.29, 0.717) is 40.0 Å². The Bertz CT molecular complexity index is 1110. The zero-order valence-electron chi connectivity index (χ0n) is 16.9. The Balaban J connectivity index is 1.86. The summed E-state index contributed by atoms with van der Waals surface area (Å²) >= 11 is 1.76. The summed E-state index contributed by atoms with van der Waals surface area (Å²) in [6.45, 7) is 4.72. The van der Waals surface area contributed by atoms with Crippen molar-refractivity contribution in [3.8, 4) is 16.9 Å². The first-order valence-electron chi connectivity index (χ1n) is 9.51. The number of ether oxygens (including phenoxy) is 2. The molecule has 0 bridgehead atoms. The van der Waals surface area contributed by atoms with Crippen molar-refractivity contribution in [2.24, 2.45) is 0 Å². The zero-order chi connectivity index (χ0) is 22.6. The summed E-state index contributed by atoms with van der Waals surface area (Å²) in [6.07, 6.45) is -3.44. The minimum atomic E-state index is -4.79. The molecule has 0 unspecified atom stereocenters. The number of fused-ring (bicyclic) bond motifs is 1. The number of hydrogen-bond acceptors (Lipinski definition) is 4. The van der Waals surface area contributed by atoms with Crippen LogP contribution in [0.2, 0.25) is 0 Å². The van der Waals surface area contributed by atoms with E-state index in [0.717, 1.165) is 11.8 Å². The predicted molar refractivity (Wildman–Crippen MR) is 114 cm³/mol. The number of nitrogens with one attached hydrogen (secondary N) is 1. The van der Waals surface area contributed by atoms with Gasteiger partial charge in [-0.25, -0.2) is 4.39 Å². The maximum atomic E-state index is 14.1. The minimum absolute atomic E-state index is 0.0115. The molecule has 2 aromatic carbocycles. The molecule has 3 rings (SSSR count). The van der Waals surface area contributed by atoms with Crippen LogP contribution < -0.4 is 10.3 Å². The number of aromatic nitrogens is 1. The first-order chi connectivity index (χ1) is 14.7. The lowest BCUT2D eigenvalue weighted by Gasteiger charge is -2.12. The van der Waals surface area contributed by atoms with Crippen LogP contribution in [-0.2, 0) is 10.9 Å². The average molecular weight is 455 g/mol. The highest BCUT2D eigenvalue weighted by molar-refractivity contribution is 7.99. The highest BCUT2D eigenvalue weighted by atomic mass is 32.2. The molecule has 0 saturated carbocycles. The topological polar surface area (TPSA) is 51.3 Å². The van der Waals surface area contributed by atoms with E-state index in [1.807, 2.05) is 0 Å². The molecule has 31 heavy (non-hydrogen) atoms. The third kappa shape index (κ3) is 5.80. The maximum Gasteiger partial charge on any atom is 0.419 e. The molecule has 0 aliphatic rings. The molecule has 0 amide bonds. The van der Waals surface area contributed by atoms with E-state index >= 15 is 0 Å². The Morgan fingerprint density at radius 2 is 1.87 bits per heavy atom. The van der Waals surface area contributed by atoms with Crippen molar-refractivity contribution in [3.05, 3.63) is 64.3 Å². The van der Waals surface area contributed by atoms with Crippen LogP contribution in [0, 0.1) is 5.82 Å². The summed E-state index contributed by atoms with van der Waals surface area (Å²) in [5.41, 5.74) is -1.14. The summed E-state index contributed by atoms with van der Waals surface area (Å²) in [7, 11) is 0. The summed E-state index contributed by atoms with van der Waals surface area (Å²) < 4.78 is 63.7. The molecule has 0 saturated heterocycles. The van der Waals surface area contributed by atoms with E-state index < -0.39 is 17.6 Å². The molecular weight excluding hydrogens is 434 g/mol. The molecule has 1 N–H and O–H groups in total. The third-order valence-electron chi connectivity index (χ3n) is 4.45. The van der Waals surface area contributed by atoms with Crippen LogP contribution in [-0.4, -0.2) is 29.4 Å². The average Bonchev–Trinajstić information content (AvgIpc) is 2.69. The Hall–Kier alpha value is -2.52. The van der Waals surface area contributed by atoms with Gasteiger partial charge < -0.3 is 14.5 Å². The molecule has 166 valence electrons. The minimum Gasteiger partial charge on any atom is -0.468 e. The van der Waals surface area contributed by atoms with Crippen molar-refractivity contribution in [1.82, 2.24) is 4.98 Å². The van der Waals surface area contributed by atoms with E-state index in [1.54, 1.807) is 30.0 Å². The molecular formula is C22H21F4NO3S. The van der Waals surface area contributed by atoms with Gasteiger partial charge >= 0.3 is 6.18 Å². The SMILES string of the molecule is CC(C)SCCOCOc1ccc2c(=O)[nH]cc(-c3ccc(C(F)(F)F)c(F)c3)c2c1. The highest BCUT2D eigenvalue weighted by Gasteiger charge is 2.34. The van der Waals surface area contributed by atoms with Gasteiger partial charge in [0.1, 0.15) is 11.6 Å². The Labute approximate surface area is 180 Å². The van der Waals surface area contributed by atoms with Crippen molar-refractivity contribution in [2.75, 3.05) is 19.2 Å². The van der Waals surface area contributed by atoms with Crippen LogP contribution in [0.3, 0.4) is 0 Å². The van der Waals surface area contributed by atoms with Gasteiger partial charge in [0, 0.05) is 28.3 Å². The summed E-state index contributed by atoms with van der Waals surface area (Å²) in [4.78, 5) is 14.7. The van der Waals surface area contributed by atoms with Crippen LogP contribution in [0.25, 0.3) is 21.9 Å². The molecule has 3 aromatic rings. The number of benzene rings is 2. The van der Waals surface area contributed by atoms with Gasteiger partial charge in [0.25, 0.3) is 5.56 Å². The molecule has 0 atom stereocenters. The lowest BCUT2D eigenvalue weighted by Crippen LogP contribution is -2.09. The lowest BCUT2D eigenvalue weighted by atomic mass is 9.99. The molecule has 0 aliphatic heterocycles. The normalized spacial score (nSPS) is 12.0. The van der Waals surface area contributed by atoms with E-state index in [1.165, 1.54) is 12.3 Å².